The van der Waals surface area contributed by atoms with Crippen LogP contribution in [0.2, 0.25) is 5.02 Å². The minimum atomic E-state index is -0.519. The molecule has 19 heavy (non-hydrogen) atoms. The second kappa shape index (κ2) is 5.09. The monoisotopic (exact) mass is 280 g/mol. The molecule has 1 saturated heterocycles. The highest BCUT2D eigenvalue weighted by molar-refractivity contribution is 6.31. The highest BCUT2D eigenvalue weighted by Gasteiger charge is 2.40. The molecule has 1 aromatic carbocycles. The van der Waals surface area contributed by atoms with Gasteiger partial charge >= 0.3 is 0 Å². The maximum Gasteiger partial charge on any atom is 0.254 e. The third-order valence-electron chi connectivity index (χ3n) is 2.89. The molecule has 1 aliphatic heterocycles. The van der Waals surface area contributed by atoms with Crippen LogP contribution in [0.25, 0.3) is 10.4 Å². The minimum Gasteiger partial charge on any atom is -0.272 e. The summed E-state index contributed by atoms with van der Waals surface area (Å²) >= 11 is 6.07. The summed E-state index contributed by atoms with van der Waals surface area (Å²) in [6.07, 6.45) is 0. The zero-order valence-electron chi connectivity index (χ0n) is 10.6. The van der Waals surface area contributed by atoms with E-state index in [1.54, 1.807) is 18.2 Å². The largest absolute Gasteiger partial charge is 0.272 e. The van der Waals surface area contributed by atoms with Crippen molar-refractivity contribution in [2.45, 2.75) is 20.4 Å². The summed E-state index contributed by atoms with van der Waals surface area (Å²) in [5, 5.41) is 5.30. The highest BCUT2D eigenvalue weighted by Crippen LogP contribution is 2.30. The summed E-state index contributed by atoms with van der Waals surface area (Å²) in [6.45, 7) is 4.23. The van der Waals surface area contributed by atoms with Crippen molar-refractivity contribution in [3.63, 3.8) is 0 Å². The lowest BCUT2D eigenvalue weighted by molar-refractivity contribution is -0.165. The Morgan fingerprint density at radius 3 is 2.89 bits per heavy atom. The fraction of sp³-hybridized carbons (Fsp3) is 0.417. The first-order valence-corrected chi connectivity index (χ1v) is 6.10. The average Bonchev–Trinajstić information content (AvgIpc) is 2.61. The Morgan fingerprint density at radius 2 is 2.32 bits per heavy atom. The average molecular weight is 281 g/mol. The van der Waals surface area contributed by atoms with Crippen molar-refractivity contribution < 1.29 is 9.63 Å². The van der Waals surface area contributed by atoms with Gasteiger partial charge < -0.3 is 0 Å². The van der Waals surface area contributed by atoms with Crippen LogP contribution in [0.3, 0.4) is 0 Å². The molecule has 2 rings (SSSR count). The zero-order valence-corrected chi connectivity index (χ0v) is 11.4. The lowest BCUT2D eigenvalue weighted by Gasteiger charge is -2.17. The molecule has 0 bridgehead atoms. The van der Waals surface area contributed by atoms with Gasteiger partial charge in [0.1, 0.15) is 0 Å². The number of amides is 1. The number of benzene rings is 1. The molecule has 0 radical (unpaired) electrons. The summed E-state index contributed by atoms with van der Waals surface area (Å²) < 4.78 is 0. The molecular formula is C12H13ClN4O2. The van der Waals surface area contributed by atoms with E-state index in [1.165, 1.54) is 5.06 Å². The van der Waals surface area contributed by atoms with Crippen molar-refractivity contribution in [3.05, 3.63) is 39.2 Å². The maximum absolute atomic E-state index is 12.0. The predicted molar refractivity (Wildman–Crippen MR) is 70.5 cm³/mol. The molecule has 0 aliphatic carbocycles. The molecule has 1 heterocycles. The molecule has 1 amide bonds. The van der Waals surface area contributed by atoms with E-state index in [0.29, 0.717) is 22.9 Å². The molecule has 1 aliphatic rings. The quantitative estimate of drug-likeness (QED) is 0.482. The van der Waals surface area contributed by atoms with E-state index in [1.807, 2.05) is 13.8 Å². The predicted octanol–water partition coefficient (Wildman–Crippen LogP) is 3.58. The lowest BCUT2D eigenvalue weighted by Crippen LogP contribution is -2.30. The highest BCUT2D eigenvalue weighted by atomic mass is 35.5. The third kappa shape index (κ3) is 2.81. The summed E-state index contributed by atoms with van der Waals surface area (Å²) in [6, 6.07) is 4.89. The number of hydrogen-bond acceptors (Lipinski definition) is 3. The Morgan fingerprint density at radius 1 is 1.58 bits per heavy atom. The molecule has 1 fully saturated rings. The van der Waals surface area contributed by atoms with Gasteiger partial charge in [-0.2, -0.15) is 0 Å². The Kier molecular flexibility index (Phi) is 3.66. The van der Waals surface area contributed by atoms with Crippen LogP contribution in [0.5, 0.6) is 0 Å². The molecule has 6 nitrogen and oxygen atoms in total. The summed E-state index contributed by atoms with van der Waals surface area (Å²) in [7, 11) is 0. The number of carbonyl (C=O) groups is 1. The van der Waals surface area contributed by atoms with Gasteiger partial charge in [-0.1, -0.05) is 22.8 Å². The first-order valence-electron chi connectivity index (χ1n) is 5.72. The van der Waals surface area contributed by atoms with E-state index in [9.17, 15) is 4.79 Å². The Balaban J connectivity index is 2.22. The number of nitrogens with zero attached hydrogens (tertiary/aromatic N) is 4. The summed E-state index contributed by atoms with van der Waals surface area (Å²) in [5.41, 5.74) is 9.02. The molecular weight excluding hydrogens is 268 g/mol. The number of halogens is 1. The van der Waals surface area contributed by atoms with Crippen LogP contribution in [0.4, 0.5) is 5.69 Å². The molecule has 0 atom stereocenters. The maximum atomic E-state index is 12.0. The van der Waals surface area contributed by atoms with Gasteiger partial charge in [0.05, 0.1) is 18.6 Å². The molecule has 1 aromatic rings. The van der Waals surface area contributed by atoms with Gasteiger partial charge in [0, 0.05) is 15.6 Å². The summed E-state index contributed by atoms with van der Waals surface area (Å²) in [5.74, 6) is -0.0854. The number of hydrogen-bond donors (Lipinski definition) is 0. The Labute approximate surface area is 115 Å². The fourth-order valence-corrected chi connectivity index (χ4v) is 1.94. The Hall–Kier alpha value is -1.75. The van der Waals surface area contributed by atoms with Crippen molar-refractivity contribution in [1.82, 2.24) is 5.06 Å². The van der Waals surface area contributed by atoms with Gasteiger partial charge in [-0.3, -0.25) is 9.63 Å². The molecule has 0 aromatic heterocycles. The summed E-state index contributed by atoms with van der Waals surface area (Å²) in [4.78, 5) is 20.1. The van der Waals surface area contributed by atoms with Gasteiger partial charge in [0.15, 0.2) is 0 Å². The van der Waals surface area contributed by atoms with E-state index in [0.717, 1.165) is 0 Å². The van der Waals surface area contributed by atoms with Crippen molar-refractivity contribution in [2.24, 2.45) is 10.5 Å². The zero-order chi connectivity index (χ0) is 14.0. The SMILES string of the molecule is CC1(C)CON(Cc2cc(N=[N+]=[N-])ccc2Cl)C1=O. The van der Waals surface area contributed by atoms with E-state index in [4.69, 9.17) is 22.0 Å². The van der Waals surface area contributed by atoms with Crippen molar-refractivity contribution in [3.8, 4) is 0 Å². The van der Waals surface area contributed by atoms with Crippen LogP contribution in [0.15, 0.2) is 23.3 Å². The lowest BCUT2D eigenvalue weighted by atomic mass is 9.95. The van der Waals surface area contributed by atoms with Gasteiger partial charge in [-0.05, 0) is 37.1 Å². The van der Waals surface area contributed by atoms with Gasteiger partial charge in [-0.25, -0.2) is 5.06 Å². The normalized spacial score (nSPS) is 17.4. The van der Waals surface area contributed by atoms with Crippen LogP contribution in [-0.2, 0) is 16.2 Å². The number of carbonyl (C=O) groups excluding carboxylic acids is 1. The first-order chi connectivity index (χ1) is 8.94. The van der Waals surface area contributed by atoms with Gasteiger partial charge in [-0.15, -0.1) is 0 Å². The third-order valence-corrected chi connectivity index (χ3v) is 3.26. The molecule has 7 heteroatoms. The van der Waals surface area contributed by atoms with Crippen LogP contribution in [0.1, 0.15) is 19.4 Å². The fourth-order valence-electron chi connectivity index (χ4n) is 1.77. The molecule has 100 valence electrons. The van der Waals surface area contributed by atoms with E-state index < -0.39 is 5.41 Å². The smallest absolute Gasteiger partial charge is 0.254 e. The second-order valence-corrected chi connectivity index (χ2v) is 5.37. The molecule has 0 saturated carbocycles. The number of rotatable bonds is 3. The second-order valence-electron chi connectivity index (χ2n) is 4.96. The van der Waals surface area contributed by atoms with E-state index >= 15 is 0 Å². The number of hydroxylamine groups is 2. The molecule has 0 unspecified atom stereocenters. The van der Waals surface area contributed by atoms with Crippen LogP contribution in [-0.4, -0.2) is 17.6 Å². The van der Waals surface area contributed by atoms with E-state index in [2.05, 4.69) is 10.0 Å². The van der Waals surface area contributed by atoms with Crippen molar-refractivity contribution in [2.75, 3.05) is 6.61 Å². The van der Waals surface area contributed by atoms with Crippen LogP contribution >= 0.6 is 11.6 Å². The topological polar surface area (TPSA) is 78.3 Å². The van der Waals surface area contributed by atoms with Gasteiger partial charge in [0.25, 0.3) is 5.91 Å². The van der Waals surface area contributed by atoms with Crippen molar-refractivity contribution >= 4 is 23.2 Å². The first kappa shape index (κ1) is 13.7. The standard InChI is InChI=1S/C12H13ClN4O2/c1-12(2)7-19-17(11(12)18)6-8-5-9(15-16-14)3-4-10(8)13/h3-5H,6-7H2,1-2H3. The van der Waals surface area contributed by atoms with E-state index in [-0.39, 0.29) is 12.5 Å². The molecule has 0 spiro atoms. The van der Waals surface area contributed by atoms with Crippen molar-refractivity contribution in [1.29, 1.82) is 0 Å². The van der Waals surface area contributed by atoms with Crippen LogP contribution in [0, 0.1) is 5.41 Å². The Bertz CT molecular complexity index is 567. The van der Waals surface area contributed by atoms with Gasteiger partial charge in [0.2, 0.25) is 0 Å². The minimum absolute atomic E-state index is 0.0854. The molecule has 0 N–H and O–H groups in total. The number of azide groups is 1. The van der Waals surface area contributed by atoms with Crippen LogP contribution < -0.4 is 0 Å².